The van der Waals surface area contributed by atoms with Crippen molar-refractivity contribution in [2.45, 2.75) is 0 Å². The van der Waals surface area contributed by atoms with Crippen LogP contribution < -0.4 is 9.47 Å². The Kier molecular flexibility index (Phi) is 3.46. The molecule has 0 bridgehead atoms. The van der Waals surface area contributed by atoms with Crippen LogP contribution in [0.4, 0.5) is 0 Å². The topological polar surface area (TPSA) is 31.4 Å². The van der Waals surface area contributed by atoms with E-state index in [1.807, 2.05) is 17.5 Å². The third kappa shape index (κ3) is 2.05. The minimum Gasteiger partial charge on any atom is -0.496 e. The largest absolute Gasteiger partial charge is 0.496 e. The Balaban J connectivity index is 2.58. The van der Waals surface area contributed by atoms with Crippen LogP contribution in [0.1, 0.15) is 0 Å². The summed E-state index contributed by atoms with van der Waals surface area (Å²) in [4.78, 5) is 4.27. The monoisotopic (exact) mass is 299 g/mol. The molecule has 1 heterocycles. The van der Waals surface area contributed by atoms with Crippen molar-refractivity contribution in [1.29, 1.82) is 0 Å². The van der Waals surface area contributed by atoms with Crippen LogP contribution in [0.3, 0.4) is 0 Å². The molecule has 0 aliphatic rings. The Morgan fingerprint density at radius 3 is 2.50 bits per heavy atom. The predicted octanol–water partition coefficient (Wildman–Crippen LogP) is 3.59. The van der Waals surface area contributed by atoms with Gasteiger partial charge in [-0.1, -0.05) is 0 Å². The van der Waals surface area contributed by atoms with E-state index in [0.717, 1.165) is 27.2 Å². The van der Waals surface area contributed by atoms with E-state index in [4.69, 9.17) is 9.47 Å². The van der Waals surface area contributed by atoms with E-state index in [1.54, 1.807) is 31.1 Å². The van der Waals surface area contributed by atoms with Crippen LogP contribution in [-0.2, 0) is 0 Å². The van der Waals surface area contributed by atoms with Crippen molar-refractivity contribution in [2.75, 3.05) is 14.2 Å². The zero-order chi connectivity index (χ0) is 11.5. The summed E-state index contributed by atoms with van der Waals surface area (Å²) in [5, 5.41) is 1.98. The van der Waals surface area contributed by atoms with Gasteiger partial charge in [0.25, 0.3) is 0 Å². The Labute approximate surface area is 106 Å². The van der Waals surface area contributed by atoms with Crippen LogP contribution in [0.5, 0.6) is 11.5 Å². The molecule has 2 aromatic rings. The average molecular weight is 300 g/mol. The molecule has 2 rings (SSSR count). The van der Waals surface area contributed by atoms with E-state index in [0.29, 0.717) is 0 Å². The van der Waals surface area contributed by atoms with Gasteiger partial charge in [-0.3, -0.25) is 0 Å². The highest BCUT2D eigenvalue weighted by Crippen LogP contribution is 2.38. The van der Waals surface area contributed by atoms with Crippen molar-refractivity contribution in [3.63, 3.8) is 0 Å². The van der Waals surface area contributed by atoms with Gasteiger partial charge in [-0.2, -0.15) is 0 Å². The van der Waals surface area contributed by atoms with Gasteiger partial charge in [0, 0.05) is 10.9 Å². The number of aromatic nitrogens is 1. The first-order valence-corrected chi connectivity index (χ1v) is 6.30. The van der Waals surface area contributed by atoms with E-state index >= 15 is 0 Å². The predicted molar refractivity (Wildman–Crippen MR) is 68.4 cm³/mol. The molecule has 3 nitrogen and oxygen atoms in total. The fraction of sp³-hybridized carbons (Fsp3) is 0.182. The summed E-state index contributed by atoms with van der Waals surface area (Å²) in [6.07, 6.45) is 0. The van der Waals surface area contributed by atoms with Gasteiger partial charge >= 0.3 is 0 Å². The van der Waals surface area contributed by atoms with Crippen LogP contribution in [0, 0.1) is 0 Å². The summed E-state index contributed by atoms with van der Waals surface area (Å²) in [7, 11) is 3.28. The van der Waals surface area contributed by atoms with Crippen molar-refractivity contribution < 1.29 is 9.47 Å². The number of nitrogens with zero attached hydrogens (tertiary/aromatic N) is 1. The van der Waals surface area contributed by atoms with E-state index in [2.05, 4.69) is 20.9 Å². The maximum absolute atomic E-state index is 5.33. The highest BCUT2D eigenvalue weighted by molar-refractivity contribution is 9.10. The summed E-state index contributed by atoms with van der Waals surface area (Å²) >= 11 is 4.97. The quantitative estimate of drug-likeness (QED) is 0.868. The molecule has 16 heavy (non-hydrogen) atoms. The molecule has 0 saturated carbocycles. The van der Waals surface area contributed by atoms with Crippen LogP contribution in [0.25, 0.3) is 11.3 Å². The molecule has 1 aromatic heterocycles. The highest BCUT2D eigenvalue weighted by Gasteiger charge is 2.12. The Bertz CT molecular complexity index is 485. The fourth-order valence-electron chi connectivity index (χ4n) is 1.41. The molecule has 0 aliphatic carbocycles. The molecule has 0 aliphatic heterocycles. The Morgan fingerprint density at radius 2 is 1.94 bits per heavy atom. The number of halogens is 1. The van der Waals surface area contributed by atoms with Crippen LogP contribution in [-0.4, -0.2) is 19.2 Å². The highest BCUT2D eigenvalue weighted by atomic mass is 79.9. The first kappa shape index (κ1) is 11.4. The summed E-state index contributed by atoms with van der Waals surface area (Å²) in [6, 6.07) is 3.80. The summed E-state index contributed by atoms with van der Waals surface area (Å²) in [5.74, 6) is 1.54. The number of hydrogen-bond donors (Lipinski definition) is 0. The molecule has 1 aromatic carbocycles. The fourth-order valence-corrected chi connectivity index (χ4v) is 2.44. The third-order valence-electron chi connectivity index (χ3n) is 2.18. The normalized spacial score (nSPS) is 10.2. The summed E-state index contributed by atoms with van der Waals surface area (Å²) < 4.78 is 11.5. The molecule has 0 amide bonds. The number of thiazole rings is 1. The number of methoxy groups -OCH3 is 2. The van der Waals surface area contributed by atoms with Crippen molar-refractivity contribution in [3.8, 4) is 22.8 Å². The van der Waals surface area contributed by atoms with Crippen molar-refractivity contribution in [1.82, 2.24) is 4.98 Å². The standard InChI is InChI=1S/C11H10BrNO2S/c1-14-10-4-8(12)11(15-2)3-7(10)9-5-16-6-13-9/h3-6H,1-2H3. The molecular weight excluding hydrogens is 290 g/mol. The van der Waals surface area contributed by atoms with Crippen molar-refractivity contribution in [2.24, 2.45) is 0 Å². The average Bonchev–Trinajstić information content (AvgIpc) is 2.82. The summed E-state index contributed by atoms with van der Waals surface area (Å²) in [5.41, 5.74) is 3.62. The SMILES string of the molecule is COc1cc(-c2cscn2)c(OC)cc1Br. The molecule has 0 radical (unpaired) electrons. The Hall–Kier alpha value is -1.07. The zero-order valence-corrected chi connectivity index (χ0v) is 11.3. The number of hydrogen-bond acceptors (Lipinski definition) is 4. The maximum Gasteiger partial charge on any atom is 0.133 e. The van der Waals surface area contributed by atoms with Gasteiger partial charge in [-0.15, -0.1) is 11.3 Å². The summed E-state index contributed by atoms with van der Waals surface area (Å²) in [6.45, 7) is 0. The molecular formula is C11H10BrNO2S. The smallest absolute Gasteiger partial charge is 0.133 e. The molecule has 0 unspecified atom stereocenters. The molecule has 0 fully saturated rings. The number of rotatable bonds is 3. The lowest BCUT2D eigenvalue weighted by molar-refractivity contribution is 0.402. The van der Waals surface area contributed by atoms with Crippen LogP contribution in [0.15, 0.2) is 27.5 Å². The van der Waals surface area contributed by atoms with Crippen LogP contribution >= 0.6 is 27.3 Å². The number of ether oxygens (including phenoxy) is 2. The van der Waals surface area contributed by atoms with Gasteiger partial charge in [0.1, 0.15) is 11.5 Å². The van der Waals surface area contributed by atoms with Crippen LogP contribution in [0.2, 0.25) is 0 Å². The van der Waals surface area contributed by atoms with Gasteiger partial charge in [0.15, 0.2) is 0 Å². The van der Waals surface area contributed by atoms with Crippen molar-refractivity contribution >= 4 is 27.3 Å². The zero-order valence-electron chi connectivity index (χ0n) is 8.86. The second-order valence-electron chi connectivity index (χ2n) is 3.06. The van der Waals surface area contributed by atoms with E-state index in [1.165, 1.54) is 0 Å². The van der Waals surface area contributed by atoms with Gasteiger partial charge in [-0.05, 0) is 28.1 Å². The lowest BCUT2D eigenvalue weighted by Crippen LogP contribution is -1.91. The maximum atomic E-state index is 5.33. The third-order valence-corrected chi connectivity index (χ3v) is 3.39. The molecule has 84 valence electrons. The lowest BCUT2D eigenvalue weighted by atomic mass is 10.1. The second-order valence-corrected chi connectivity index (χ2v) is 4.63. The first-order chi connectivity index (χ1) is 7.76. The van der Waals surface area contributed by atoms with Gasteiger partial charge in [0.2, 0.25) is 0 Å². The van der Waals surface area contributed by atoms with E-state index in [-0.39, 0.29) is 0 Å². The van der Waals surface area contributed by atoms with E-state index < -0.39 is 0 Å². The first-order valence-electron chi connectivity index (χ1n) is 4.56. The minimum absolute atomic E-state index is 0.767. The Morgan fingerprint density at radius 1 is 1.19 bits per heavy atom. The van der Waals surface area contributed by atoms with Gasteiger partial charge < -0.3 is 9.47 Å². The minimum atomic E-state index is 0.767. The lowest BCUT2D eigenvalue weighted by Gasteiger charge is -2.10. The van der Waals surface area contributed by atoms with E-state index in [9.17, 15) is 0 Å². The molecule has 0 saturated heterocycles. The second kappa shape index (κ2) is 4.84. The molecule has 5 heteroatoms. The molecule has 0 atom stereocenters. The van der Waals surface area contributed by atoms with Gasteiger partial charge in [0.05, 0.1) is 29.9 Å². The number of benzene rings is 1. The van der Waals surface area contributed by atoms with Gasteiger partial charge in [-0.25, -0.2) is 4.98 Å². The van der Waals surface area contributed by atoms with Crippen molar-refractivity contribution in [3.05, 3.63) is 27.5 Å². The molecule has 0 spiro atoms. The molecule has 0 N–H and O–H groups in total.